The lowest BCUT2D eigenvalue weighted by atomic mass is 9.96. The molecule has 2 aromatic rings. The Balaban J connectivity index is 1.94. The molecule has 1 aromatic heterocycles. The van der Waals surface area contributed by atoms with Crippen LogP contribution in [0.15, 0.2) is 28.8 Å². The number of nitrogens with one attached hydrogen (secondary N) is 1. The standard InChI is InChI=1S/C16H21N3O2/c1-11-6-5-7-12(10-11)14-18-13(21-19-14)8-9-17-15(20)16(2,3)4/h5-7,10H,8-9H2,1-4H3,(H,17,20). The number of hydrogen-bond donors (Lipinski definition) is 1. The van der Waals surface area contributed by atoms with Crippen molar-refractivity contribution in [2.24, 2.45) is 5.41 Å². The largest absolute Gasteiger partial charge is 0.355 e. The fourth-order valence-electron chi connectivity index (χ4n) is 1.81. The van der Waals surface area contributed by atoms with E-state index in [-0.39, 0.29) is 11.3 Å². The average molecular weight is 287 g/mol. The second-order valence-electron chi connectivity index (χ2n) is 6.14. The highest BCUT2D eigenvalue weighted by molar-refractivity contribution is 5.81. The summed E-state index contributed by atoms with van der Waals surface area (Å²) in [5, 5.41) is 6.84. The van der Waals surface area contributed by atoms with Crippen LogP contribution in [-0.4, -0.2) is 22.6 Å². The van der Waals surface area contributed by atoms with Gasteiger partial charge in [0.25, 0.3) is 0 Å². The molecule has 0 unspecified atom stereocenters. The second-order valence-corrected chi connectivity index (χ2v) is 6.14. The molecule has 1 aromatic carbocycles. The molecule has 2 rings (SSSR count). The fraction of sp³-hybridized carbons (Fsp3) is 0.438. The molecule has 0 radical (unpaired) electrons. The minimum atomic E-state index is -0.387. The van der Waals surface area contributed by atoms with E-state index in [1.54, 1.807) is 0 Å². The Bertz CT molecular complexity index is 626. The topological polar surface area (TPSA) is 68.0 Å². The van der Waals surface area contributed by atoms with Gasteiger partial charge in [0.05, 0.1) is 0 Å². The minimum Gasteiger partial charge on any atom is -0.355 e. The van der Waals surface area contributed by atoms with Crippen molar-refractivity contribution in [1.82, 2.24) is 15.5 Å². The molecule has 0 saturated carbocycles. The van der Waals surface area contributed by atoms with Crippen LogP contribution in [0.1, 0.15) is 32.2 Å². The molecule has 0 aliphatic rings. The first kappa shape index (κ1) is 15.2. The van der Waals surface area contributed by atoms with E-state index < -0.39 is 0 Å². The predicted octanol–water partition coefficient (Wildman–Crippen LogP) is 2.75. The zero-order valence-corrected chi connectivity index (χ0v) is 12.9. The van der Waals surface area contributed by atoms with E-state index in [4.69, 9.17) is 4.52 Å². The molecule has 0 spiro atoms. The first-order valence-corrected chi connectivity index (χ1v) is 7.04. The van der Waals surface area contributed by atoms with E-state index in [0.717, 1.165) is 11.1 Å². The van der Waals surface area contributed by atoms with Crippen LogP contribution in [0, 0.1) is 12.3 Å². The van der Waals surface area contributed by atoms with Crippen molar-refractivity contribution < 1.29 is 9.32 Å². The summed E-state index contributed by atoms with van der Waals surface area (Å²) in [6, 6.07) is 7.94. The third kappa shape index (κ3) is 4.15. The molecule has 112 valence electrons. The van der Waals surface area contributed by atoms with Crippen molar-refractivity contribution in [3.05, 3.63) is 35.7 Å². The van der Waals surface area contributed by atoms with Gasteiger partial charge in [0.2, 0.25) is 17.6 Å². The monoisotopic (exact) mass is 287 g/mol. The van der Waals surface area contributed by atoms with Gasteiger partial charge in [-0.3, -0.25) is 4.79 Å². The van der Waals surface area contributed by atoms with E-state index in [1.165, 1.54) is 0 Å². The normalized spacial score (nSPS) is 11.4. The lowest BCUT2D eigenvalue weighted by Crippen LogP contribution is -2.35. The van der Waals surface area contributed by atoms with Crippen molar-refractivity contribution in [2.75, 3.05) is 6.54 Å². The Hall–Kier alpha value is -2.17. The van der Waals surface area contributed by atoms with Gasteiger partial charge in [-0.15, -0.1) is 0 Å². The highest BCUT2D eigenvalue weighted by Crippen LogP contribution is 2.17. The molecule has 5 nitrogen and oxygen atoms in total. The molecule has 0 aliphatic heterocycles. The number of amides is 1. The van der Waals surface area contributed by atoms with Crippen molar-refractivity contribution in [3.8, 4) is 11.4 Å². The summed E-state index contributed by atoms with van der Waals surface area (Å²) in [5.41, 5.74) is 1.70. The number of aromatic nitrogens is 2. The highest BCUT2D eigenvalue weighted by atomic mass is 16.5. The number of carbonyl (C=O) groups excluding carboxylic acids is 1. The lowest BCUT2D eigenvalue weighted by Gasteiger charge is -2.16. The third-order valence-corrected chi connectivity index (χ3v) is 3.05. The van der Waals surface area contributed by atoms with Gasteiger partial charge < -0.3 is 9.84 Å². The molecule has 0 bridgehead atoms. The van der Waals surface area contributed by atoms with E-state index >= 15 is 0 Å². The maximum atomic E-state index is 11.7. The van der Waals surface area contributed by atoms with Gasteiger partial charge in [-0.05, 0) is 13.0 Å². The number of benzene rings is 1. The van der Waals surface area contributed by atoms with Crippen LogP contribution in [0.5, 0.6) is 0 Å². The van der Waals surface area contributed by atoms with Crippen LogP contribution in [0.4, 0.5) is 0 Å². The molecule has 0 atom stereocenters. The summed E-state index contributed by atoms with van der Waals surface area (Å²) >= 11 is 0. The third-order valence-electron chi connectivity index (χ3n) is 3.05. The number of hydrogen-bond acceptors (Lipinski definition) is 4. The summed E-state index contributed by atoms with van der Waals surface area (Å²) in [4.78, 5) is 16.1. The quantitative estimate of drug-likeness (QED) is 0.939. The van der Waals surface area contributed by atoms with E-state index in [2.05, 4.69) is 15.5 Å². The van der Waals surface area contributed by atoms with E-state index in [9.17, 15) is 4.79 Å². The Kier molecular flexibility index (Phi) is 4.40. The highest BCUT2D eigenvalue weighted by Gasteiger charge is 2.20. The van der Waals surface area contributed by atoms with Gasteiger partial charge in [0.15, 0.2) is 0 Å². The maximum Gasteiger partial charge on any atom is 0.228 e. The Morgan fingerprint density at radius 2 is 2.10 bits per heavy atom. The summed E-state index contributed by atoms with van der Waals surface area (Å²) < 4.78 is 5.21. The van der Waals surface area contributed by atoms with Crippen molar-refractivity contribution in [3.63, 3.8) is 0 Å². The Morgan fingerprint density at radius 3 is 2.76 bits per heavy atom. The molecular weight excluding hydrogens is 266 g/mol. The van der Waals surface area contributed by atoms with Crippen LogP contribution in [0.25, 0.3) is 11.4 Å². The van der Waals surface area contributed by atoms with Gasteiger partial charge in [-0.25, -0.2) is 0 Å². The molecular formula is C16H21N3O2. The molecule has 1 amide bonds. The molecule has 0 fully saturated rings. The van der Waals surface area contributed by atoms with Crippen molar-refractivity contribution in [1.29, 1.82) is 0 Å². The van der Waals surface area contributed by atoms with Crippen LogP contribution < -0.4 is 5.32 Å². The summed E-state index contributed by atoms with van der Waals surface area (Å²) in [5.74, 6) is 1.12. The number of nitrogens with zero attached hydrogens (tertiary/aromatic N) is 2. The SMILES string of the molecule is Cc1cccc(-c2noc(CCNC(=O)C(C)(C)C)n2)c1. The Morgan fingerprint density at radius 1 is 1.33 bits per heavy atom. The van der Waals surface area contributed by atoms with Crippen LogP contribution in [0.3, 0.4) is 0 Å². The Labute approximate surface area is 124 Å². The smallest absolute Gasteiger partial charge is 0.228 e. The second kappa shape index (κ2) is 6.08. The lowest BCUT2D eigenvalue weighted by molar-refractivity contribution is -0.128. The van der Waals surface area contributed by atoms with Crippen molar-refractivity contribution in [2.45, 2.75) is 34.1 Å². The first-order chi connectivity index (χ1) is 9.86. The van der Waals surface area contributed by atoms with Gasteiger partial charge in [-0.2, -0.15) is 4.98 Å². The van der Waals surface area contributed by atoms with Crippen LogP contribution in [-0.2, 0) is 11.2 Å². The van der Waals surface area contributed by atoms with Gasteiger partial charge in [0, 0.05) is 23.9 Å². The molecule has 0 aliphatic carbocycles. The van der Waals surface area contributed by atoms with Crippen molar-refractivity contribution >= 4 is 5.91 Å². The number of carbonyl (C=O) groups is 1. The fourth-order valence-corrected chi connectivity index (χ4v) is 1.81. The minimum absolute atomic E-state index is 0.0147. The van der Waals surface area contributed by atoms with E-state index in [1.807, 2.05) is 52.0 Å². The summed E-state index contributed by atoms with van der Waals surface area (Å²) in [7, 11) is 0. The molecule has 21 heavy (non-hydrogen) atoms. The molecule has 5 heteroatoms. The number of aryl methyl sites for hydroxylation is 1. The molecule has 1 N–H and O–H groups in total. The zero-order valence-electron chi connectivity index (χ0n) is 12.9. The maximum absolute atomic E-state index is 11.7. The van der Waals surface area contributed by atoms with E-state index in [0.29, 0.717) is 24.7 Å². The summed E-state index contributed by atoms with van der Waals surface area (Å²) in [6.07, 6.45) is 0.528. The van der Waals surface area contributed by atoms with Gasteiger partial charge in [0.1, 0.15) is 0 Å². The first-order valence-electron chi connectivity index (χ1n) is 7.04. The number of rotatable bonds is 4. The van der Waals surface area contributed by atoms with Crippen LogP contribution in [0.2, 0.25) is 0 Å². The average Bonchev–Trinajstić information content (AvgIpc) is 2.86. The molecule has 1 heterocycles. The van der Waals surface area contributed by atoms with Gasteiger partial charge >= 0.3 is 0 Å². The summed E-state index contributed by atoms with van der Waals surface area (Å²) in [6.45, 7) is 8.15. The van der Waals surface area contributed by atoms with Crippen LogP contribution >= 0.6 is 0 Å². The molecule has 0 saturated heterocycles. The predicted molar refractivity (Wildman–Crippen MR) is 80.6 cm³/mol. The zero-order chi connectivity index (χ0) is 15.5. The van der Waals surface area contributed by atoms with Gasteiger partial charge in [-0.1, -0.05) is 49.7 Å².